The van der Waals surface area contributed by atoms with Crippen LogP contribution in [0.25, 0.3) is 16.8 Å². The van der Waals surface area contributed by atoms with Crippen LogP contribution in [0.1, 0.15) is 5.56 Å². The minimum atomic E-state index is -1.26. The Morgan fingerprint density at radius 2 is 2.05 bits per heavy atom. The number of hydrogen-bond acceptors (Lipinski definition) is 5. The summed E-state index contributed by atoms with van der Waals surface area (Å²) < 4.78 is 27.0. The van der Waals surface area contributed by atoms with E-state index in [0.717, 1.165) is 4.52 Å². The van der Waals surface area contributed by atoms with Gasteiger partial charge in [-0.2, -0.15) is 14.6 Å². The number of halogens is 1. The molecule has 2 aromatic heterocycles. The first-order chi connectivity index (χ1) is 9.99. The second-order valence-electron chi connectivity index (χ2n) is 4.52. The van der Waals surface area contributed by atoms with Crippen LogP contribution in [-0.4, -0.2) is 35.5 Å². The number of aryl methyl sites for hydroxylation is 1. The van der Waals surface area contributed by atoms with Gasteiger partial charge in [0.25, 0.3) is 0 Å². The fraction of sp³-hybridized carbons (Fsp3) is 0.154. The molecule has 0 aliphatic rings. The zero-order valence-electron chi connectivity index (χ0n) is 11.2. The molecule has 3 rings (SSSR count). The molecule has 0 aliphatic carbocycles. The fourth-order valence-electron chi connectivity index (χ4n) is 2.17. The molecule has 0 saturated carbocycles. The first-order valence-electron chi connectivity index (χ1n) is 6.00. The summed E-state index contributed by atoms with van der Waals surface area (Å²) in [5.41, 5.74) is 1.73. The highest BCUT2D eigenvalue weighted by molar-refractivity contribution is 7.90. The van der Waals surface area contributed by atoms with Crippen LogP contribution in [0.3, 0.4) is 0 Å². The van der Waals surface area contributed by atoms with Crippen LogP contribution in [-0.2, 0) is 11.2 Å². The maximum Gasteiger partial charge on any atom is 0.318 e. The number of aromatic nitrogens is 4. The minimum Gasteiger partial charge on any atom is -0.612 e. The fourth-order valence-corrected chi connectivity index (χ4v) is 2.95. The Bertz CT molecular complexity index is 834. The van der Waals surface area contributed by atoms with Crippen molar-refractivity contribution in [2.24, 2.45) is 0 Å². The third-order valence-corrected chi connectivity index (χ3v) is 4.21. The van der Waals surface area contributed by atoms with Crippen LogP contribution in [0.15, 0.2) is 29.6 Å². The van der Waals surface area contributed by atoms with Gasteiger partial charge in [0.1, 0.15) is 18.4 Å². The summed E-state index contributed by atoms with van der Waals surface area (Å²) in [4.78, 5) is 8.06. The van der Waals surface area contributed by atoms with Gasteiger partial charge in [0, 0.05) is 22.8 Å². The van der Waals surface area contributed by atoms with E-state index in [2.05, 4.69) is 15.1 Å². The normalized spacial score (nSPS) is 12.8. The molecule has 0 amide bonds. The van der Waals surface area contributed by atoms with Crippen molar-refractivity contribution in [3.63, 3.8) is 0 Å². The SMILES string of the molecule is Cc1cc(-c2cnn3c(O)ncnc23)c(F)cc1[S+](C)[O-]. The largest absolute Gasteiger partial charge is 0.612 e. The van der Waals surface area contributed by atoms with Gasteiger partial charge in [0.05, 0.1) is 6.20 Å². The van der Waals surface area contributed by atoms with Gasteiger partial charge in [0.15, 0.2) is 10.5 Å². The first kappa shape index (κ1) is 13.8. The van der Waals surface area contributed by atoms with Crippen molar-refractivity contribution in [3.05, 3.63) is 36.0 Å². The second-order valence-corrected chi connectivity index (χ2v) is 5.87. The van der Waals surface area contributed by atoms with Gasteiger partial charge in [-0.3, -0.25) is 0 Å². The lowest BCUT2D eigenvalue weighted by Crippen LogP contribution is -2.02. The Kier molecular flexibility index (Phi) is 3.26. The summed E-state index contributed by atoms with van der Waals surface area (Å²) in [5.74, 6) is -0.515. The molecule has 1 N–H and O–H groups in total. The summed E-state index contributed by atoms with van der Waals surface area (Å²) in [6, 6.07) is 2.53. The van der Waals surface area contributed by atoms with Crippen LogP contribution < -0.4 is 0 Å². The molecule has 6 nitrogen and oxygen atoms in total. The number of hydrogen-bond donors (Lipinski definition) is 1. The van der Waals surface area contributed by atoms with Crippen molar-refractivity contribution in [2.75, 3.05) is 6.26 Å². The second kappa shape index (κ2) is 4.97. The van der Waals surface area contributed by atoms with Crippen LogP contribution in [0.4, 0.5) is 4.39 Å². The molecule has 0 fully saturated rings. The molecule has 21 heavy (non-hydrogen) atoms. The maximum atomic E-state index is 14.3. The van der Waals surface area contributed by atoms with E-state index in [1.165, 1.54) is 24.8 Å². The van der Waals surface area contributed by atoms with E-state index in [9.17, 15) is 14.0 Å². The van der Waals surface area contributed by atoms with E-state index in [1.54, 1.807) is 13.0 Å². The van der Waals surface area contributed by atoms with Crippen molar-refractivity contribution < 1.29 is 14.0 Å². The summed E-state index contributed by atoms with van der Waals surface area (Å²) in [6.07, 6.45) is 4.09. The predicted molar refractivity (Wildman–Crippen MR) is 74.9 cm³/mol. The third kappa shape index (κ3) is 2.22. The van der Waals surface area contributed by atoms with Crippen molar-refractivity contribution in [3.8, 4) is 17.1 Å². The zero-order valence-corrected chi connectivity index (χ0v) is 12.1. The maximum absolute atomic E-state index is 14.3. The topological polar surface area (TPSA) is 86.4 Å². The van der Waals surface area contributed by atoms with Gasteiger partial charge in [0.2, 0.25) is 0 Å². The number of rotatable bonds is 2. The highest BCUT2D eigenvalue weighted by Gasteiger charge is 2.19. The lowest BCUT2D eigenvalue weighted by Gasteiger charge is -2.10. The smallest absolute Gasteiger partial charge is 0.318 e. The van der Waals surface area contributed by atoms with E-state index in [0.29, 0.717) is 21.7 Å². The number of benzene rings is 1. The minimum absolute atomic E-state index is 0.287. The predicted octanol–water partition coefficient (Wildman–Crippen LogP) is 1.68. The van der Waals surface area contributed by atoms with Gasteiger partial charge in [-0.1, -0.05) is 0 Å². The molecule has 0 spiro atoms. The van der Waals surface area contributed by atoms with Crippen LogP contribution in [0, 0.1) is 12.7 Å². The van der Waals surface area contributed by atoms with E-state index in [-0.39, 0.29) is 11.6 Å². The molecular formula is C13H11FN4O2S. The van der Waals surface area contributed by atoms with Gasteiger partial charge >= 0.3 is 6.01 Å². The van der Waals surface area contributed by atoms with Gasteiger partial charge in [-0.05, 0) is 24.2 Å². The van der Waals surface area contributed by atoms with Crippen LogP contribution in [0.5, 0.6) is 6.01 Å². The Hall–Kier alpha value is -2.19. The van der Waals surface area contributed by atoms with Crippen LogP contribution >= 0.6 is 0 Å². The molecule has 0 radical (unpaired) electrons. The summed E-state index contributed by atoms with van der Waals surface area (Å²) >= 11 is -1.26. The van der Waals surface area contributed by atoms with E-state index in [1.807, 2.05) is 0 Å². The molecule has 108 valence electrons. The lowest BCUT2D eigenvalue weighted by atomic mass is 10.1. The Morgan fingerprint density at radius 1 is 1.29 bits per heavy atom. The average molecular weight is 306 g/mol. The monoisotopic (exact) mass is 306 g/mol. The van der Waals surface area contributed by atoms with E-state index >= 15 is 0 Å². The van der Waals surface area contributed by atoms with Crippen molar-refractivity contribution in [1.82, 2.24) is 19.6 Å². The van der Waals surface area contributed by atoms with Crippen molar-refractivity contribution >= 4 is 16.8 Å². The molecular weight excluding hydrogens is 295 g/mol. The first-order valence-corrected chi connectivity index (χ1v) is 7.56. The Balaban J connectivity index is 2.24. The number of nitrogens with zero attached hydrogens (tertiary/aromatic N) is 4. The third-order valence-electron chi connectivity index (χ3n) is 3.15. The lowest BCUT2D eigenvalue weighted by molar-refractivity contribution is 0.411. The van der Waals surface area contributed by atoms with E-state index in [4.69, 9.17) is 0 Å². The zero-order chi connectivity index (χ0) is 15.1. The molecule has 1 atom stereocenters. The van der Waals surface area contributed by atoms with Gasteiger partial charge < -0.3 is 9.66 Å². The molecule has 0 bridgehead atoms. The summed E-state index contributed by atoms with van der Waals surface area (Å²) in [6.45, 7) is 1.76. The highest BCUT2D eigenvalue weighted by atomic mass is 32.2. The quantitative estimate of drug-likeness (QED) is 0.728. The highest BCUT2D eigenvalue weighted by Crippen LogP contribution is 2.30. The Morgan fingerprint density at radius 3 is 2.76 bits per heavy atom. The molecule has 1 aromatic carbocycles. The molecule has 1 unspecified atom stereocenters. The summed E-state index contributed by atoms with van der Waals surface area (Å²) in [5, 5.41) is 13.5. The Labute approximate surface area is 122 Å². The number of fused-ring (bicyclic) bond motifs is 1. The van der Waals surface area contributed by atoms with E-state index < -0.39 is 17.0 Å². The van der Waals surface area contributed by atoms with Gasteiger partial charge in [-0.15, -0.1) is 0 Å². The standard InChI is InChI=1S/C13H11FN4O2S/c1-7-3-8(10(14)4-11(7)21(2)20)9-5-17-18-12(9)15-6-16-13(18)19/h3-6H,1-2H3,(H,15,16,19). The van der Waals surface area contributed by atoms with Crippen molar-refractivity contribution in [2.45, 2.75) is 11.8 Å². The average Bonchev–Trinajstić information content (AvgIpc) is 2.86. The molecule has 0 saturated heterocycles. The number of aromatic hydroxyl groups is 1. The molecule has 3 aromatic rings. The molecule has 8 heteroatoms. The summed E-state index contributed by atoms with van der Waals surface area (Å²) in [7, 11) is 0. The molecule has 2 heterocycles. The van der Waals surface area contributed by atoms with Crippen molar-refractivity contribution in [1.29, 1.82) is 0 Å². The van der Waals surface area contributed by atoms with Gasteiger partial charge in [-0.25, -0.2) is 9.37 Å². The molecule has 0 aliphatic heterocycles. The van der Waals surface area contributed by atoms with Crippen LogP contribution in [0.2, 0.25) is 0 Å².